The highest BCUT2D eigenvalue weighted by Crippen LogP contribution is 2.20. The van der Waals surface area contributed by atoms with Crippen molar-refractivity contribution >= 4 is 5.96 Å². The van der Waals surface area contributed by atoms with Crippen molar-refractivity contribution in [1.82, 2.24) is 15.1 Å². The Hall–Kier alpha value is -1.55. The minimum atomic E-state index is 0.589. The van der Waals surface area contributed by atoms with Gasteiger partial charge in [0.25, 0.3) is 0 Å². The third-order valence-electron chi connectivity index (χ3n) is 4.92. The molecule has 4 heteroatoms. The Balaban J connectivity index is 1.59. The molecule has 0 radical (unpaired) electrons. The van der Waals surface area contributed by atoms with Crippen molar-refractivity contribution in [2.24, 2.45) is 4.99 Å². The van der Waals surface area contributed by atoms with E-state index in [1.54, 1.807) is 0 Å². The van der Waals surface area contributed by atoms with E-state index >= 15 is 0 Å². The number of guanidine groups is 1. The van der Waals surface area contributed by atoms with Crippen LogP contribution in [0.1, 0.15) is 38.2 Å². The highest BCUT2D eigenvalue weighted by Gasteiger charge is 2.25. The Morgan fingerprint density at radius 2 is 1.91 bits per heavy atom. The molecule has 2 fully saturated rings. The smallest absolute Gasteiger partial charge is 0.193 e. The number of hydrogen-bond donors (Lipinski definition) is 1. The zero-order valence-electron chi connectivity index (χ0n) is 14.4. The molecule has 1 unspecified atom stereocenters. The number of rotatable bonds is 5. The fourth-order valence-corrected chi connectivity index (χ4v) is 3.67. The van der Waals surface area contributed by atoms with Gasteiger partial charge >= 0.3 is 0 Å². The second-order valence-corrected chi connectivity index (χ2v) is 6.64. The van der Waals surface area contributed by atoms with Crippen molar-refractivity contribution in [3.8, 4) is 0 Å². The second kappa shape index (κ2) is 8.34. The van der Waals surface area contributed by atoms with Gasteiger partial charge in [-0.15, -0.1) is 0 Å². The number of likely N-dealkylation sites (tertiary alicyclic amines) is 2. The van der Waals surface area contributed by atoms with E-state index < -0.39 is 0 Å². The van der Waals surface area contributed by atoms with E-state index in [2.05, 4.69) is 52.4 Å². The zero-order chi connectivity index (χ0) is 15.9. The molecule has 0 aliphatic carbocycles. The van der Waals surface area contributed by atoms with Crippen LogP contribution in [0.3, 0.4) is 0 Å². The van der Waals surface area contributed by atoms with Crippen molar-refractivity contribution in [2.45, 2.75) is 45.2 Å². The van der Waals surface area contributed by atoms with Crippen LogP contribution in [0.2, 0.25) is 0 Å². The summed E-state index contributed by atoms with van der Waals surface area (Å²) in [6.45, 7) is 8.60. The van der Waals surface area contributed by atoms with Crippen LogP contribution in [0, 0.1) is 0 Å². The maximum Gasteiger partial charge on any atom is 0.193 e. The summed E-state index contributed by atoms with van der Waals surface area (Å²) >= 11 is 0. The van der Waals surface area contributed by atoms with Crippen molar-refractivity contribution in [3.05, 3.63) is 35.9 Å². The minimum absolute atomic E-state index is 0.589. The molecule has 0 spiro atoms. The largest absolute Gasteiger partial charge is 0.357 e. The first kappa shape index (κ1) is 16.3. The van der Waals surface area contributed by atoms with Gasteiger partial charge < -0.3 is 10.2 Å². The van der Waals surface area contributed by atoms with Crippen molar-refractivity contribution in [2.75, 3.05) is 32.7 Å². The van der Waals surface area contributed by atoms with Gasteiger partial charge in [-0.05, 0) is 44.7 Å². The molecule has 126 valence electrons. The van der Waals surface area contributed by atoms with Crippen LogP contribution >= 0.6 is 0 Å². The van der Waals surface area contributed by atoms with Crippen molar-refractivity contribution in [1.29, 1.82) is 0 Å². The van der Waals surface area contributed by atoms with Gasteiger partial charge in [0.15, 0.2) is 5.96 Å². The van der Waals surface area contributed by atoms with Gasteiger partial charge in [0.1, 0.15) is 0 Å². The van der Waals surface area contributed by atoms with Gasteiger partial charge in [0.05, 0.1) is 6.54 Å². The predicted octanol–water partition coefficient (Wildman–Crippen LogP) is 2.71. The first-order valence-corrected chi connectivity index (χ1v) is 9.18. The summed E-state index contributed by atoms with van der Waals surface area (Å²) in [6.07, 6.45) is 5.17. The van der Waals surface area contributed by atoms with E-state index in [1.807, 2.05) is 0 Å². The lowest BCUT2D eigenvalue weighted by Crippen LogP contribution is -2.41. The highest BCUT2D eigenvalue weighted by atomic mass is 15.3. The summed E-state index contributed by atoms with van der Waals surface area (Å²) in [6, 6.07) is 11.4. The number of benzene rings is 1. The first-order valence-electron chi connectivity index (χ1n) is 9.18. The number of nitrogens with zero attached hydrogens (tertiary/aromatic N) is 3. The molecule has 3 rings (SSSR count). The molecule has 2 heterocycles. The van der Waals surface area contributed by atoms with E-state index in [0.29, 0.717) is 6.04 Å². The highest BCUT2D eigenvalue weighted by molar-refractivity contribution is 5.80. The average molecular weight is 314 g/mol. The molecule has 1 aromatic carbocycles. The van der Waals surface area contributed by atoms with Gasteiger partial charge in [0.2, 0.25) is 0 Å². The van der Waals surface area contributed by atoms with E-state index in [4.69, 9.17) is 4.99 Å². The molecule has 2 saturated heterocycles. The number of nitrogens with one attached hydrogen (secondary N) is 1. The monoisotopic (exact) mass is 314 g/mol. The minimum Gasteiger partial charge on any atom is -0.357 e. The fourth-order valence-electron chi connectivity index (χ4n) is 3.67. The maximum absolute atomic E-state index is 4.96. The average Bonchev–Trinajstić information content (AvgIpc) is 3.24. The van der Waals surface area contributed by atoms with Gasteiger partial charge in [0, 0.05) is 32.2 Å². The second-order valence-electron chi connectivity index (χ2n) is 6.64. The molecule has 0 bridgehead atoms. The number of aliphatic imine (C=N–C) groups is 1. The lowest BCUT2D eigenvalue weighted by Gasteiger charge is -2.25. The molecule has 1 N–H and O–H groups in total. The molecule has 4 nitrogen and oxygen atoms in total. The van der Waals surface area contributed by atoms with Crippen LogP contribution in [0.25, 0.3) is 0 Å². The maximum atomic E-state index is 4.96. The Bertz CT molecular complexity index is 493. The summed E-state index contributed by atoms with van der Waals surface area (Å²) < 4.78 is 0. The molecule has 0 amide bonds. The van der Waals surface area contributed by atoms with Gasteiger partial charge in [-0.2, -0.15) is 0 Å². The number of hydrogen-bond acceptors (Lipinski definition) is 2. The SMILES string of the molecule is CCNC(=NCC1CCCN1Cc1ccccc1)N1CCCC1. The van der Waals surface area contributed by atoms with E-state index in [0.717, 1.165) is 38.7 Å². The van der Waals surface area contributed by atoms with Gasteiger partial charge in [-0.3, -0.25) is 9.89 Å². The van der Waals surface area contributed by atoms with Crippen LogP contribution in [-0.2, 0) is 6.54 Å². The third kappa shape index (κ3) is 4.47. The summed E-state index contributed by atoms with van der Waals surface area (Å²) in [7, 11) is 0. The topological polar surface area (TPSA) is 30.9 Å². The molecule has 2 aliphatic rings. The predicted molar refractivity (Wildman–Crippen MR) is 96.7 cm³/mol. The summed E-state index contributed by atoms with van der Waals surface area (Å²) in [4.78, 5) is 9.98. The lowest BCUT2D eigenvalue weighted by molar-refractivity contribution is 0.250. The van der Waals surface area contributed by atoms with Gasteiger partial charge in [-0.25, -0.2) is 0 Å². The Morgan fingerprint density at radius 3 is 2.65 bits per heavy atom. The summed E-state index contributed by atoms with van der Waals surface area (Å²) in [5.74, 6) is 1.12. The van der Waals surface area contributed by atoms with Crippen LogP contribution < -0.4 is 5.32 Å². The molecular weight excluding hydrogens is 284 g/mol. The molecule has 1 aromatic rings. The standard InChI is InChI=1S/C19H30N4/c1-2-20-19(22-12-6-7-13-22)21-15-18-11-8-14-23(18)16-17-9-4-3-5-10-17/h3-5,9-10,18H,2,6-8,11-16H2,1H3,(H,20,21). The van der Waals surface area contributed by atoms with Crippen LogP contribution in [0.15, 0.2) is 35.3 Å². The molecule has 0 aromatic heterocycles. The molecule has 2 aliphatic heterocycles. The van der Waals surface area contributed by atoms with E-state index in [1.165, 1.54) is 37.8 Å². The summed E-state index contributed by atoms with van der Waals surface area (Å²) in [5.41, 5.74) is 1.41. The normalized spacial score (nSPS) is 22.7. The Morgan fingerprint density at radius 1 is 1.13 bits per heavy atom. The van der Waals surface area contributed by atoms with Crippen LogP contribution in [0.5, 0.6) is 0 Å². The third-order valence-corrected chi connectivity index (χ3v) is 4.92. The van der Waals surface area contributed by atoms with Crippen LogP contribution in [0.4, 0.5) is 0 Å². The van der Waals surface area contributed by atoms with Crippen LogP contribution in [-0.4, -0.2) is 54.5 Å². The van der Waals surface area contributed by atoms with Crippen molar-refractivity contribution in [3.63, 3.8) is 0 Å². The molecule has 0 saturated carbocycles. The first-order chi connectivity index (χ1) is 11.4. The zero-order valence-corrected chi connectivity index (χ0v) is 14.4. The molecule has 23 heavy (non-hydrogen) atoms. The Kier molecular flexibility index (Phi) is 5.92. The fraction of sp³-hybridized carbons (Fsp3) is 0.632. The Labute approximate surface area is 140 Å². The molecular formula is C19H30N4. The van der Waals surface area contributed by atoms with E-state index in [-0.39, 0.29) is 0 Å². The molecule has 1 atom stereocenters. The van der Waals surface area contributed by atoms with Gasteiger partial charge in [-0.1, -0.05) is 30.3 Å². The lowest BCUT2D eigenvalue weighted by atomic mass is 10.2. The van der Waals surface area contributed by atoms with Crippen molar-refractivity contribution < 1.29 is 0 Å². The summed E-state index contributed by atoms with van der Waals surface area (Å²) in [5, 5.41) is 3.47. The quantitative estimate of drug-likeness (QED) is 0.670. The van der Waals surface area contributed by atoms with E-state index in [9.17, 15) is 0 Å².